The molecule has 2 bridgehead atoms. The molecule has 4 aliphatic rings. The molecule has 0 radical (unpaired) electrons. The number of hydrogen-bond donors (Lipinski definition) is 2. The van der Waals surface area contributed by atoms with E-state index in [-0.39, 0.29) is 29.9 Å². The lowest BCUT2D eigenvalue weighted by atomic mass is 9.73. The van der Waals surface area contributed by atoms with Gasteiger partial charge >= 0.3 is 0 Å². The van der Waals surface area contributed by atoms with Gasteiger partial charge in [0, 0.05) is 29.8 Å². The maximum atomic E-state index is 14.1. The molecule has 1 spiro atoms. The molecular formula is C31H43N3O5S. The van der Waals surface area contributed by atoms with E-state index in [4.69, 9.17) is 9.47 Å². The number of fused-ring (bicyclic) bond motifs is 1. The monoisotopic (exact) mass is 569 g/mol. The van der Waals surface area contributed by atoms with Gasteiger partial charge in [0.25, 0.3) is 0 Å². The number of thioether (sulfide) groups is 1. The normalized spacial score (nSPS) is 34.4. The molecule has 8 nitrogen and oxygen atoms in total. The van der Waals surface area contributed by atoms with Crippen molar-refractivity contribution < 1.29 is 23.9 Å². The maximum absolute atomic E-state index is 14.1. The molecule has 2 saturated heterocycles. The molecule has 3 fully saturated rings. The quantitative estimate of drug-likeness (QED) is 0.248. The lowest BCUT2D eigenvalue weighted by Gasteiger charge is -2.38. The number of nitrogens with zero attached hydrogens (tertiary/aromatic N) is 1. The van der Waals surface area contributed by atoms with Crippen molar-refractivity contribution in [3.63, 3.8) is 0 Å². The van der Waals surface area contributed by atoms with Crippen LogP contribution in [0.25, 0.3) is 0 Å². The van der Waals surface area contributed by atoms with Gasteiger partial charge in [-0.3, -0.25) is 14.4 Å². The molecule has 0 aromatic heterocycles. The van der Waals surface area contributed by atoms with Crippen molar-refractivity contribution in [1.29, 1.82) is 0 Å². The Bertz CT molecular complexity index is 1160. The van der Waals surface area contributed by atoms with Gasteiger partial charge in [0.15, 0.2) is 0 Å². The molecule has 9 heteroatoms. The molecule has 8 unspecified atom stereocenters. The number of carbonyl (C=O) groups excluding carboxylic acids is 3. The van der Waals surface area contributed by atoms with Crippen LogP contribution in [0.5, 0.6) is 0 Å². The van der Waals surface area contributed by atoms with E-state index in [1.807, 2.05) is 56.5 Å². The Hall–Kier alpha value is -2.36. The molecule has 218 valence electrons. The summed E-state index contributed by atoms with van der Waals surface area (Å²) in [6.45, 7) is 9.23. The number of ether oxygens (including phenoxy) is 2. The van der Waals surface area contributed by atoms with Crippen LogP contribution in [-0.2, 0) is 23.9 Å². The van der Waals surface area contributed by atoms with Crippen molar-refractivity contribution in [2.24, 2.45) is 23.7 Å². The zero-order chi connectivity index (χ0) is 28.6. The Kier molecular flexibility index (Phi) is 8.64. The molecule has 8 atom stereocenters. The molecule has 3 amide bonds. The van der Waals surface area contributed by atoms with Gasteiger partial charge in [-0.2, -0.15) is 0 Å². The van der Waals surface area contributed by atoms with Crippen LogP contribution in [0.15, 0.2) is 41.3 Å². The number of benzene rings is 1. The summed E-state index contributed by atoms with van der Waals surface area (Å²) < 4.78 is 12.2. The highest BCUT2D eigenvalue weighted by Crippen LogP contribution is 2.55. The topological polar surface area (TPSA) is 97.0 Å². The van der Waals surface area contributed by atoms with Crippen molar-refractivity contribution in [3.8, 4) is 0 Å². The summed E-state index contributed by atoms with van der Waals surface area (Å²) in [6, 6.07) is 6.87. The predicted octanol–water partition coefficient (Wildman–Crippen LogP) is 4.25. The second-order valence-electron chi connectivity index (χ2n) is 12.1. The summed E-state index contributed by atoms with van der Waals surface area (Å²) in [5.41, 5.74) is -0.474. The van der Waals surface area contributed by atoms with E-state index in [9.17, 15) is 14.4 Å². The van der Waals surface area contributed by atoms with Gasteiger partial charge in [-0.05, 0) is 63.0 Å². The summed E-state index contributed by atoms with van der Waals surface area (Å²) in [4.78, 5) is 44.5. The smallest absolute Gasteiger partial charge is 0.246 e. The number of anilines is 1. The number of likely N-dealkylation sites (tertiary alicyclic amines) is 1. The minimum absolute atomic E-state index is 0.0540. The first-order valence-corrected chi connectivity index (χ1v) is 15.9. The molecule has 3 heterocycles. The maximum Gasteiger partial charge on any atom is 0.246 e. The number of hydrogen-bond acceptors (Lipinski definition) is 6. The fourth-order valence-electron chi connectivity index (χ4n) is 7.04. The molecule has 1 aliphatic carbocycles. The Morgan fingerprint density at radius 3 is 2.77 bits per heavy atom. The summed E-state index contributed by atoms with van der Waals surface area (Å²) >= 11 is 1.60. The van der Waals surface area contributed by atoms with Gasteiger partial charge in [-0.15, -0.1) is 11.8 Å². The molecular weight excluding hydrogens is 526 g/mol. The van der Waals surface area contributed by atoms with E-state index < -0.39 is 29.6 Å². The third kappa shape index (κ3) is 5.32. The number of rotatable bonds is 10. The van der Waals surface area contributed by atoms with Crippen LogP contribution in [0.1, 0.15) is 53.4 Å². The number of nitrogens with one attached hydrogen (secondary N) is 2. The van der Waals surface area contributed by atoms with Gasteiger partial charge in [-0.25, -0.2) is 0 Å². The molecule has 1 aromatic rings. The zero-order valence-electron chi connectivity index (χ0n) is 24.2. The highest BCUT2D eigenvalue weighted by molar-refractivity contribution is 7.98. The largest absolute Gasteiger partial charge is 0.379 e. The standard InChI is InChI=1S/C31H43N3O5S/c1-18(2)38-16-8-15-34-27(29(36)33-23-12-6-9-19(3)20(23)4)31-14-13-24(39-31)25(26(31)30(34)37)28(35)32-21-10-7-11-22(17-21)40-5/h7,10-11,13-14,17-20,23-27H,6,8-9,12,15-16H2,1-5H3,(H,32,35)(H,33,36). The number of amides is 3. The summed E-state index contributed by atoms with van der Waals surface area (Å²) in [7, 11) is 0. The molecule has 40 heavy (non-hydrogen) atoms. The van der Waals surface area contributed by atoms with Crippen LogP contribution in [0, 0.1) is 23.7 Å². The van der Waals surface area contributed by atoms with E-state index in [1.54, 1.807) is 16.7 Å². The SMILES string of the molecule is CSc1cccc(NC(=O)C2C3C=CC4(O3)C2C(=O)N(CCCOC(C)C)C4C(=O)NC2CCCC(C)C2C)c1. The van der Waals surface area contributed by atoms with E-state index >= 15 is 0 Å². The highest BCUT2D eigenvalue weighted by Gasteiger charge is 2.72. The molecule has 2 N–H and O–H groups in total. The van der Waals surface area contributed by atoms with Crippen molar-refractivity contribution >= 4 is 35.2 Å². The van der Waals surface area contributed by atoms with Gasteiger partial charge in [0.2, 0.25) is 17.7 Å². The van der Waals surface area contributed by atoms with Gasteiger partial charge in [-0.1, -0.05) is 44.9 Å². The summed E-state index contributed by atoms with van der Waals surface area (Å²) in [5.74, 6) is -1.23. The van der Waals surface area contributed by atoms with Crippen LogP contribution in [-0.4, -0.2) is 71.9 Å². The average molecular weight is 570 g/mol. The van der Waals surface area contributed by atoms with Crippen LogP contribution < -0.4 is 10.6 Å². The summed E-state index contributed by atoms with van der Waals surface area (Å²) in [6.07, 6.45) is 9.01. The van der Waals surface area contributed by atoms with E-state index in [2.05, 4.69) is 24.5 Å². The molecule has 3 aliphatic heterocycles. The van der Waals surface area contributed by atoms with Crippen molar-refractivity contribution in [1.82, 2.24) is 10.2 Å². The molecule has 5 rings (SSSR count). The minimum atomic E-state index is -1.16. The second kappa shape index (κ2) is 11.9. The predicted molar refractivity (Wildman–Crippen MR) is 156 cm³/mol. The Balaban J connectivity index is 1.40. The van der Waals surface area contributed by atoms with Crippen LogP contribution in [0.3, 0.4) is 0 Å². The first kappa shape index (κ1) is 29.1. The van der Waals surface area contributed by atoms with E-state index in [1.165, 1.54) is 0 Å². The third-order valence-corrected chi connectivity index (χ3v) is 10.0. The Morgan fingerprint density at radius 2 is 2.02 bits per heavy atom. The van der Waals surface area contributed by atoms with Gasteiger partial charge < -0.3 is 25.0 Å². The fourth-order valence-corrected chi connectivity index (χ4v) is 7.50. The van der Waals surface area contributed by atoms with Crippen molar-refractivity contribution in [3.05, 3.63) is 36.4 Å². The van der Waals surface area contributed by atoms with Crippen molar-refractivity contribution in [2.75, 3.05) is 24.7 Å². The lowest BCUT2D eigenvalue weighted by molar-refractivity contribution is -0.142. The Morgan fingerprint density at radius 1 is 1.23 bits per heavy atom. The Labute approximate surface area is 242 Å². The average Bonchev–Trinajstić information content (AvgIpc) is 3.56. The van der Waals surface area contributed by atoms with E-state index in [0.717, 1.165) is 24.2 Å². The van der Waals surface area contributed by atoms with Crippen LogP contribution in [0.2, 0.25) is 0 Å². The van der Waals surface area contributed by atoms with Crippen LogP contribution >= 0.6 is 11.8 Å². The lowest BCUT2D eigenvalue weighted by Crippen LogP contribution is -2.58. The van der Waals surface area contributed by atoms with Gasteiger partial charge in [0.05, 0.1) is 24.0 Å². The van der Waals surface area contributed by atoms with E-state index in [0.29, 0.717) is 37.1 Å². The zero-order valence-corrected chi connectivity index (χ0v) is 25.0. The van der Waals surface area contributed by atoms with Gasteiger partial charge in [0.1, 0.15) is 11.6 Å². The first-order valence-electron chi connectivity index (χ1n) is 14.7. The summed E-state index contributed by atoms with van der Waals surface area (Å²) in [5, 5.41) is 6.32. The third-order valence-electron chi connectivity index (χ3n) is 9.29. The molecule has 1 saturated carbocycles. The second-order valence-corrected chi connectivity index (χ2v) is 13.0. The minimum Gasteiger partial charge on any atom is -0.379 e. The fraction of sp³-hybridized carbons (Fsp3) is 0.645. The number of carbonyl (C=O) groups is 3. The van der Waals surface area contributed by atoms with Crippen LogP contribution in [0.4, 0.5) is 5.69 Å². The highest BCUT2D eigenvalue weighted by atomic mass is 32.2. The molecule has 1 aromatic carbocycles. The first-order chi connectivity index (χ1) is 19.2. The van der Waals surface area contributed by atoms with Crippen molar-refractivity contribution in [2.45, 2.75) is 88.2 Å².